The molecule has 3 amide bonds. The molecule has 0 saturated carbocycles. The van der Waals surface area contributed by atoms with Crippen LogP contribution in [0.25, 0.3) is 0 Å². The Morgan fingerprint density at radius 3 is 2.43 bits per heavy atom. The third-order valence-electron chi connectivity index (χ3n) is 4.10. The summed E-state index contributed by atoms with van der Waals surface area (Å²) in [7, 11) is 0. The van der Waals surface area contributed by atoms with Gasteiger partial charge in [-0.15, -0.1) is 0 Å². The van der Waals surface area contributed by atoms with Crippen LogP contribution in [0.15, 0.2) is 30.3 Å². The maximum absolute atomic E-state index is 12.2. The van der Waals surface area contributed by atoms with E-state index in [1.165, 1.54) is 0 Å². The van der Waals surface area contributed by atoms with E-state index >= 15 is 0 Å². The first-order valence-electron chi connectivity index (χ1n) is 8.08. The molecule has 3 atom stereocenters. The number of morpholine rings is 1. The smallest absolute Gasteiger partial charge is 0.321 e. The minimum Gasteiger partial charge on any atom is -0.364 e. The summed E-state index contributed by atoms with van der Waals surface area (Å²) in [6.07, 6.45) is 0.242. The number of hydrogen-bond donors (Lipinski definition) is 3. The molecule has 1 aliphatic rings. The van der Waals surface area contributed by atoms with Crippen molar-refractivity contribution in [2.75, 3.05) is 13.1 Å². The zero-order chi connectivity index (χ0) is 16.8. The van der Waals surface area contributed by atoms with Gasteiger partial charge in [-0.3, -0.25) is 10.1 Å². The molecule has 0 bridgehead atoms. The number of hydrogen-bond acceptors (Lipinski definition) is 3. The third kappa shape index (κ3) is 5.33. The molecule has 0 aliphatic carbocycles. The summed E-state index contributed by atoms with van der Waals surface area (Å²) in [6.45, 7) is 7.79. The highest BCUT2D eigenvalue weighted by molar-refractivity contribution is 5.96. The predicted molar refractivity (Wildman–Crippen MR) is 87.0 cm³/mol. The van der Waals surface area contributed by atoms with Gasteiger partial charge in [0.15, 0.2) is 6.04 Å². The molecule has 0 spiro atoms. The quantitative estimate of drug-likeness (QED) is 0.736. The molecule has 126 valence electrons. The molecule has 0 aromatic heterocycles. The van der Waals surface area contributed by atoms with E-state index in [9.17, 15) is 9.59 Å². The second kappa shape index (κ2) is 8.08. The molecule has 2 rings (SSSR count). The molecule has 0 radical (unpaired) electrons. The van der Waals surface area contributed by atoms with Gasteiger partial charge in [-0.05, 0) is 26.3 Å². The van der Waals surface area contributed by atoms with Gasteiger partial charge in [-0.1, -0.05) is 30.3 Å². The molecular weight excluding hydrogens is 294 g/mol. The number of carbonyl (C=O) groups excluding carboxylic acids is 2. The molecule has 23 heavy (non-hydrogen) atoms. The van der Waals surface area contributed by atoms with Gasteiger partial charge >= 0.3 is 6.03 Å². The Morgan fingerprint density at radius 2 is 1.83 bits per heavy atom. The predicted octanol–water partition coefficient (Wildman–Crippen LogP) is 0.0930. The number of nitrogens with one attached hydrogen (secondary N) is 3. The fraction of sp³-hybridized carbons (Fsp3) is 0.529. The first-order chi connectivity index (χ1) is 11.0. The molecule has 1 saturated heterocycles. The molecule has 1 fully saturated rings. The fourth-order valence-corrected chi connectivity index (χ4v) is 2.90. The van der Waals surface area contributed by atoms with Crippen LogP contribution < -0.4 is 15.5 Å². The lowest BCUT2D eigenvalue weighted by atomic mass is 10.1. The maximum atomic E-state index is 12.2. The van der Waals surface area contributed by atoms with Gasteiger partial charge < -0.3 is 15.0 Å². The Kier molecular flexibility index (Phi) is 6.12. The van der Waals surface area contributed by atoms with Crippen molar-refractivity contribution < 1.29 is 19.2 Å². The number of rotatable bonds is 4. The van der Waals surface area contributed by atoms with Crippen molar-refractivity contribution in [2.24, 2.45) is 0 Å². The van der Waals surface area contributed by atoms with Crippen LogP contribution in [0.2, 0.25) is 0 Å². The van der Waals surface area contributed by atoms with Gasteiger partial charge in [0.1, 0.15) is 25.3 Å². The molecule has 3 N–H and O–H groups in total. The highest BCUT2D eigenvalue weighted by atomic mass is 16.5. The van der Waals surface area contributed by atoms with E-state index in [2.05, 4.69) is 10.6 Å². The Bertz CT molecular complexity index is 525. The van der Waals surface area contributed by atoms with Crippen LogP contribution in [0.4, 0.5) is 4.79 Å². The van der Waals surface area contributed by atoms with E-state index in [0.717, 1.165) is 23.6 Å². The van der Waals surface area contributed by atoms with Crippen LogP contribution in [0.3, 0.4) is 0 Å². The second-order valence-electron chi connectivity index (χ2n) is 6.20. The van der Waals surface area contributed by atoms with Crippen molar-refractivity contribution in [3.8, 4) is 0 Å². The molecule has 6 nitrogen and oxygen atoms in total. The van der Waals surface area contributed by atoms with Gasteiger partial charge in [-0.25, -0.2) is 4.79 Å². The lowest BCUT2D eigenvalue weighted by Gasteiger charge is -2.35. The summed E-state index contributed by atoms with van der Waals surface area (Å²) in [5.41, 5.74) is 0.990. The number of imide groups is 1. The first kappa shape index (κ1) is 17.4. The lowest BCUT2D eigenvalue weighted by molar-refractivity contribution is -0.928. The normalized spacial score (nSPS) is 25.4. The number of amides is 3. The number of carbonyl (C=O) groups is 2. The summed E-state index contributed by atoms with van der Waals surface area (Å²) < 4.78 is 5.68. The van der Waals surface area contributed by atoms with Crippen LogP contribution in [0, 0.1) is 0 Å². The van der Waals surface area contributed by atoms with Crippen molar-refractivity contribution in [2.45, 2.75) is 45.6 Å². The van der Waals surface area contributed by atoms with Crippen LogP contribution in [-0.2, 0) is 16.1 Å². The van der Waals surface area contributed by atoms with E-state index in [1.54, 1.807) is 0 Å². The second-order valence-corrected chi connectivity index (χ2v) is 6.20. The summed E-state index contributed by atoms with van der Waals surface area (Å²) in [4.78, 5) is 25.3. The van der Waals surface area contributed by atoms with Crippen molar-refractivity contribution in [1.29, 1.82) is 0 Å². The van der Waals surface area contributed by atoms with Gasteiger partial charge in [0.05, 0.1) is 0 Å². The Morgan fingerprint density at radius 1 is 1.22 bits per heavy atom. The van der Waals surface area contributed by atoms with Crippen molar-refractivity contribution in [3.63, 3.8) is 0 Å². The van der Waals surface area contributed by atoms with Crippen molar-refractivity contribution in [3.05, 3.63) is 35.9 Å². The summed E-state index contributed by atoms with van der Waals surface area (Å²) in [5.74, 6) is -0.258. The SMILES string of the molecule is C[C@H]1C[NH+]([C@@H](C)C(=O)NC(=O)NCc2ccccc2)C[C@H](C)O1. The number of ether oxygens (including phenoxy) is 1. The highest BCUT2D eigenvalue weighted by Gasteiger charge is 2.33. The van der Waals surface area contributed by atoms with Gasteiger partial charge in [-0.2, -0.15) is 0 Å². The van der Waals surface area contributed by atoms with Crippen LogP contribution in [0.5, 0.6) is 0 Å². The van der Waals surface area contributed by atoms with Crippen molar-refractivity contribution >= 4 is 11.9 Å². The van der Waals surface area contributed by atoms with E-state index in [4.69, 9.17) is 4.74 Å². The minimum absolute atomic E-state index is 0.121. The molecule has 1 aliphatic heterocycles. The van der Waals surface area contributed by atoms with Gasteiger partial charge in [0, 0.05) is 6.54 Å². The van der Waals surface area contributed by atoms with Gasteiger partial charge in [0.25, 0.3) is 5.91 Å². The van der Waals surface area contributed by atoms with Crippen LogP contribution >= 0.6 is 0 Å². The zero-order valence-electron chi connectivity index (χ0n) is 14.0. The molecule has 0 unspecified atom stereocenters. The maximum Gasteiger partial charge on any atom is 0.321 e. The third-order valence-corrected chi connectivity index (χ3v) is 4.10. The van der Waals surface area contributed by atoms with Crippen molar-refractivity contribution in [1.82, 2.24) is 10.6 Å². The average molecular weight is 320 g/mol. The Labute approximate surface area is 137 Å². The molecule has 1 heterocycles. The van der Waals surface area contributed by atoms with E-state index in [1.807, 2.05) is 51.1 Å². The standard InChI is InChI=1S/C17H25N3O3/c1-12-10-20(11-13(2)23-12)14(3)16(21)19-17(22)18-9-15-7-5-4-6-8-15/h4-8,12-14H,9-11H2,1-3H3,(H2,18,19,21,22)/p+1/t12-,13-,14-/m0/s1. The van der Waals surface area contributed by atoms with E-state index in [-0.39, 0.29) is 24.2 Å². The monoisotopic (exact) mass is 320 g/mol. The van der Waals surface area contributed by atoms with E-state index in [0.29, 0.717) is 6.54 Å². The largest absolute Gasteiger partial charge is 0.364 e. The Hall–Kier alpha value is -1.92. The lowest BCUT2D eigenvalue weighted by Crippen LogP contribution is -3.19. The number of benzene rings is 1. The molecule has 1 aromatic carbocycles. The first-order valence-corrected chi connectivity index (χ1v) is 8.08. The van der Waals surface area contributed by atoms with E-state index < -0.39 is 6.03 Å². The Balaban J connectivity index is 1.79. The molecular formula is C17H26N3O3+. The number of quaternary nitrogens is 1. The van der Waals surface area contributed by atoms with Gasteiger partial charge in [0.2, 0.25) is 0 Å². The molecule has 6 heteroatoms. The fourth-order valence-electron chi connectivity index (χ4n) is 2.90. The zero-order valence-corrected chi connectivity index (χ0v) is 14.0. The summed E-state index contributed by atoms with van der Waals surface area (Å²) in [6, 6.07) is 8.84. The topological polar surface area (TPSA) is 71.9 Å². The van der Waals surface area contributed by atoms with Crippen LogP contribution in [0.1, 0.15) is 26.3 Å². The molecule has 1 aromatic rings. The summed E-state index contributed by atoms with van der Waals surface area (Å²) >= 11 is 0. The highest BCUT2D eigenvalue weighted by Crippen LogP contribution is 2.00. The van der Waals surface area contributed by atoms with Crippen LogP contribution in [-0.4, -0.2) is 43.3 Å². The summed E-state index contributed by atoms with van der Waals surface area (Å²) in [5, 5.41) is 5.13. The minimum atomic E-state index is -0.459. The number of urea groups is 1. The average Bonchev–Trinajstić information content (AvgIpc) is 2.52.